The van der Waals surface area contributed by atoms with E-state index in [2.05, 4.69) is 42.0 Å². The molecule has 0 fully saturated rings. The van der Waals surface area contributed by atoms with Gasteiger partial charge in [0.15, 0.2) is 5.11 Å². The van der Waals surface area contributed by atoms with E-state index in [-0.39, 0.29) is 6.04 Å². The molecule has 0 amide bonds. The van der Waals surface area contributed by atoms with Crippen LogP contribution in [-0.4, -0.2) is 11.4 Å². The number of hydrogen-bond acceptors (Lipinski definition) is 2. The molecule has 0 aliphatic rings. The van der Waals surface area contributed by atoms with Crippen LogP contribution in [0.3, 0.4) is 0 Å². The Balaban J connectivity index is 1.99. The molecule has 0 aliphatic heterocycles. The molecule has 1 atom stereocenters. The highest BCUT2D eigenvalue weighted by molar-refractivity contribution is 7.98. The highest BCUT2D eigenvalue weighted by Gasteiger charge is 2.07. The minimum Gasteiger partial charge on any atom is -0.356 e. The van der Waals surface area contributed by atoms with Crippen LogP contribution < -0.4 is 10.6 Å². The van der Waals surface area contributed by atoms with Crippen LogP contribution >= 0.6 is 24.0 Å². The number of nitrogens with one attached hydrogen (secondary N) is 2. The molecule has 0 aliphatic carbocycles. The molecule has 2 aromatic rings. The smallest absolute Gasteiger partial charge is 0.171 e. The second kappa shape index (κ2) is 7.31. The minimum atomic E-state index is 0.178. The first-order chi connectivity index (χ1) is 9.70. The molecule has 0 saturated carbocycles. The Morgan fingerprint density at radius 1 is 1.05 bits per heavy atom. The van der Waals surface area contributed by atoms with Crippen molar-refractivity contribution in [3.8, 4) is 0 Å². The predicted molar refractivity (Wildman–Crippen MR) is 92.4 cm³/mol. The van der Waals surface area contributed by atoms with Gasteiger partial charge in [0.05, 0.1) is 11.7 Å². The van der Waals surface area contributed by atoms with Gasteiger partial charge in [0.1, 0.15) is 0 Å². The molecular weight excluding hydrogens is 284 g/mol. The van der Waals surface area contributed by atoms with E-state index < -0.39 is 0 Å². The van der Waals surface area contributed by atoms with E-state index in [0.29, 0.717) is 5.11 Å². The summed E-state index contributed by atoms with van der Waals surface area (Å²) in [6.45, 7) is 2.10. The molecule has 2 aromatic carbocycles. The van der Waals surface area contributed by atoms with Crippen LogP contribution in [0.1, 0.15) is 18.5 Å². The van der Waals surface area contributed by atoms with E-state index in [9.17, 15) is 0 Å². The number of thioether (sulfide) groups is 1. The first kappa shape index (κ1) is 14.9. The van der Waals surface area contributed by atoms with Crippen molar-refractivity contribution in [1.82, 2.24) is 5.32 Å². The van der Waals surface area contributed by atoms with Gasteiger partial charge < -0.3 is 10.6 Å². The van der Waals surface area contributed by atoms with Crippen LogP contribution in [0.25, 0.3) is 0 Å². The Morgan fingerprint density at radius 2 is 1.70 bits per heavy atom. The predicted octanol–water partition coefficient (Wildman–Crippen LogP) is 4.46. The van der Waals surface area contributed by atoms with Crippen molar-refractivity contribution < 1.29 is 0 Å². The molecule has 0 spiro atoms. The van der Waals surface area contributed by atoms with Crippen LogP contribution in [0, 0.1) is 0 Å². The Kier molecular flexibility index (Phi) is 5.44. The number of benzene rings is 2. The van der Waals surface area contributed by atoms with E-state index in [1.54, 1.807) is 11.8 Å². The molecule has 0 bridgehead atoms. The lowest BCUT2D eigenvalue weighted by molar-refractivity contribution is 0.722. The summed E-state index contributed by atoms with van der Waals surface area (Å²) >= 11 is 7.09. The monoisotopic (exact) mass is 302 g/mol. The largest absolute Gasteiger partial charge is 0.356 e. The highest BCUT2D eigenvalue weighted by Crippen LogP contribution is 2.24. The lowest BCUT2D eigenvalue weighted by Crippen LogP contribution is -2.31. The molecule has 0 aromatic heterocycles. The van der Waals surface area contributed by atoms with Gasteiger partial charge in [-0.05, 0) is 43.1 Å². The Bertz CT molecular complexity index is 570. The normalized spacial score (nSPS) is 11.7. The van der Waals surface area contributed by atoms with Crippen LogP contribution in [-0.2, 0) is 0 Å². The van der Waals surface area contributed by atoms with Gasteiger partial charge >= 0.3 is 0 Å². The maximum Gasteiger partial charge on any atom is 0.171 e. The summed E-state index contributed by atoms with van der Waals surface area (Å²) in [6.07, 6.45) is 2.06. The fourth-order valence-corrected chi connectivity index (χ4v) is 2.77. The lowest BCUT2D eigenvalue weighted by atomic mass is 10.1. The number of thiocarbonyl (C=S) groups is 1. The second-order valence-electron chi connectivity index (χ2n) is 4.43. The van der Waals surface area contributed by atoms with Gasteiger partial charge in [0.25, 0.3) is 0 Å². The van der Waals surface area contributed by atoms with Gasteiger partial charge in [0.2, 0.25) is 0 Å². The molecule has 0 saturated heterocycles. The zero-order valence-corrected chi connectivity index (χ0v) is 13.2. The third-order valence-electron chi connectivity index (χ3n) is 3.00. The van der Waals surface area contributed by atoms with Crippen molar-refractivity contribution >= 4 is 34.8 Å². The van der Waals surface area contributed by atoms with Crippen molar-refractivity contribution in [1.29, 1.82) is 0 Å². The van der Waals surface area contributed by atoms with Gasteiger partial charge in [-0.3, -0.25) is 0 Å². The van der Waals surface area contributed by atoms with Crippen molar-refractivity contribution in [2.24, 2.45) is 0 Å². The standard InChI is InChI=1S/C16H18N2S2/c1-12(13-8-4-3-5-9-13)17-16(19)18-14-10-6-7-11-15(14)20-2/h3-12H,1-2H3,(H2,17,18,19). The Hall–Kier alpha value is -1.52. The molecule has 2 rings (SSSR count). The molecule has 2 N–H and O–H groups in total. The molecule has 4 heteroatoms. The SMILES string of the molecule is CSc1ccccc1NC(=S)NC(C)c1ccccc1. The molecule has 20 heavy (non-hydrogen) atoms. The lowest BCUT2D eigenvalue weighted by Gasteiger charge is -2.18. The van der Waals surface area contributed by atoms with Gasteiger partial charge in [-0.25, -0.2) is 0 Å². The van der Waals surface area contributed by atoms with Gasteiger partial charge in [-0.15, -0.1) is 11.8 Å². The van der Waals surface area contributed by atoms with Crippen LogP contribution in [0.5, 0.6) is 0 Å². The van der Waals surface area contributed by atoms with Crippen molar-refractivity contribution in [2.75, 3.05) is 11.6 Å². The fraction of sp³-hybridized carbons (Fsp3) is 0.188. The number of rotatable bonds is 4. The van der Waals surface area contributed by atoms with Gasteiger partial charge in [-0.1, -0.05) is 42.5 Å². The Morgan fingerprint density at radius 3 is 2.40 bits per heavy atom. The first-order valence-corrected chi connectivity index (χ1v) is 8.09. The van der Waals surface area contributed by atoms with E-state index in [4.69, 9.17) is 12.2 Å². The summed E-state index contributed by atoms with van der Waals surface area (Å²) in [5.41, 5.74) is 2.26. The summed E-state index contributed by atoms with van der Waals surface area (Å²) < 4.78 is 0. The van der Waals surface area contributed by atoms with Gasteiger partial charge in [0, 0.05) is 4.90 Å². The van der Waals surface area contributed by atoms with Crippen molar-refractivity contribution in [3.63, 3.8) is 0 Å². The summed E-state index contributed by atoms with van der Waals surface area (Å²) in [5.74, 6) is 0. The summed E-state index contributed by atoms with van der Waals surface area (Å²) in [5, 5.41) is 7.21. The van der Waals surface area contributed by atoms with Crippen molar-refractivity contribution in [3.05, 3.63) is 60.2 Å². The van der Waals surface area contributed by atoms with E-state index in [0.717, 1.165) is 5.69 Å². The average molecular weight is 302 g/mol. The quantitative estimate of drug-likeness (QED) is 0.643. The minimum absolute atomic E-state index is 0.178. The zero-order chi connectivity index (χ0) is 14.4. The summed E-state index contributed by atoms with van der Waals surface area (Å²) in [4.78, 5) is 1.18. The molecule has 0 heterocycles. The van der Waals surface area contributed by atoms with Crippen molar-refractivity contribution in [2.45, 2.75) is 17.9 Å². The highest BCUT2D eigenvalue weighted by atomic mass is 32.2. The maximum absolute atomic E-state index is 5.39. The molecular formula is C16H18N2S2. The third kappa shape index (κ3) is 3.99. The van der Waals surface area contributed by atoms with E-state index in [1.807, 2.05) is 36.4 Å². The molecule has 1 unspecified atom stereocenters. The van der Waals surface area contributed by atoms with Crippen LogP contribution in [0.2, 0.25) is 0 Å². The molecule has 2 nitrogen and oxygen atoms in total. The number of hydrogen-bond donors (Lipinski definition) is 2. The van der Waals surface area contributed by atoms with Crippen LogP contribution in [0.15, 0.2) is 59.5 Å². The number of anilines is 1. The maximum atomic E-state index is 5.39. The fourth-order valence-electron chi connectivity index (χ4n) is 1.93. The zero-order valence-electron chi connectivity index (χ0n) is 11.6. The van der Waals surface area contributed by atoms with Crippen LogP contribution in [0.4, 0.5) is 5.69 Å². The molecule has 0 radical (unpaired) electrons. The average Bonchev–Trinajstić information content (AvgIpc) is 2.48. The Labute approximate surface area is 130 Å². The van der Waals surface area contributed by atoms with E-state index >= 15 is 0 Å². The topological polar surface area (TPSA) is 24.1 Å². The second-order valence-corrected chi connectivity index (χ2v) is 5.69. The third-order valence-corrected chi connectivity index (χ3v) is 4.02. The summed E-state index contributed by atoms with van der Waals surface area (Å²) in [7, 11) is 0. The molecule has 104 valence electrons. The first-order valence-electron chi connectivity index (χ1n) is 6.46. The number of para-hydroxylation sites is 1. The van der Waals surface area contributed by atoms with Gasteiger partial charge in [-0.2, -0.15) is 0 Å². The summed E-state index contributed by atoms with van der Waals surface area (Å²) in [6, 6.07) is 18.6. The van der Waals surface area contributed by atoms with E-state index in [1.165, 1.54) is 10.5 Å².